The van der Waals surface area contributed by atoms with E-state index in [1.54, 1.807) is 16.8 Å². The molecule has 4 aromatic heterocycles. The molecule has 0 unspecified atom stereocenters. The molecule has 0 bridgehead atoms. The summed E-state index contributed by atoms with van der Waals surface area (Å²) >= 11 is 1.38. The van der Waals surface area contributed by atoms with Crippen LogP contribution in [0.25, 0.3) is 27.3 Å². The van der Waals surface area contributed by atoms with E-state index >= 15 is 0 Å². The van der Waals surface area contributed by atoms with E-state index in [9.17, 15) is 4.79 Å². The molecular formula is C23H16N8OS. The highest BCUT2D eigenvalue weighted by molar-refractivity contribution is 7.99. The summed E-state index contributed by atoms with van der Waals surface area (Å²) in [6, 6.07) is 15.1. The van der Waals surface area contributed by atoms with Crippen LogP contribution < -0.4 is 5.32 Å². The Morgan fingerprint density at radius 3 is 2.79 bits per heavy atom. The van der Waals surface area contributed by atoms with Crippen molar-refractivity contribution >= 4 is 40.5 Å². The Morgan fingerprint density at radius 1 is 1.06 bits per heavy atom. The third kappa shape index (κ3) is 3.79. The third-order valence-corrected chi connectivity index (χ3v) is 6.26. The SMILES string of the molecule is [C-]#[N+]c1cccc(-c2ccc3nnc(Sc4ccc5nc(NC(=O)C6CC6)cn5n4)n3c2)c1. The van der Waals surface area contributed by atoms with Crippen LogP contribution in [0.2, 0.25) is 0 Å². The van der Waals surface area contributed by atoms with Gasteiger partial charge in [-0.05, 0) is 66.1 Å². The van der Waals surface area contributed by atoms with Crippen molar-refractivity contribution in [3.8, 4) is 11.1 Å². The van der Waals surface area contributed by atoms with Crippen LogP contribution in [0, 0.1) is 12.5 Å². The average Bonchev–Trinajstić information content (AvgIpc) is 3.52. The number of aromatic nitrogens is 6. The van der Waals surface area contributed by atoms with E-state index in [1.165, 1.54) is 11.8 Å². The van der Waals surface area contributed by atoms with Gasteiger partial charge in [-0.1, -0.05) is 18.2 Å². The van der Waals surface area contributed by atoms with Crippen LogP contribution in [0.1, 0.15) is 12.8 Å². The minimum absolute atomic E-state index is 0.0145. The molecule has 160 valence electrons. The maximum atomic E-state index is 12.0. The van der Waals surface area contributed by atoms with Crippen molar-refractivity contribution in [3.63, 3.8) is 0 Å². The highest BCUT2D eigenvalue weighted by atomic mass is 32.2. The first-order valence-corrected chi connectivity index (χ1v) is 11.2. The molecule has 33 heavy (non-hydrogen) atoms. The molecule has 1 saturated carbocycles. The summed E-state index contributed by atoms with van der Waals surface area (Å²) in [5.41, 5.74) is 3.88. The van der Waals surface area contributed by atoms with E-state index < -0.39 is 0 Å². The maximum absolute atomic E-state index is 12.0. The first-order chi connectivity index (χ1) is 16.2. The molecule has 10 heteroatoms. The summed E-state index contributed by atoms with van der Waals surface area (Å²) in [6.45, 7) is 7.24. The minimum Gasteiger partial charge on any atom is -0.309 e. The molecule has 1 aliphatic carbocycles. The number of nitrogens with zero attached hydrogens (tertiary/aromatic N) is 7. The summed E-state index contributed by atoms with van der Waals surface area (Å²) in [5, 5.41) is 17.4. The molecule has 9 nitrogen and oxygen atoms in total. The largest absolute Gasteiger partial charge is 0.309 e. The zero-order chi connectivity index (χ0) is 22.4. The predicted octanol–water partition coefficient (Wildman–Crippen LogP) is 4.49. The van der Waals surface area contributed by atoms with Gasteiger partial charge in [-0.15, -0.1) is 10.2 Å². The standard InChI is InChI=1S/C23H16N8OS/c1-24-17-4-2-3-15(11-17)16-7-8-20-27-28-23(30(20)12-16)33-21-10-9-19-25-18(13-31(19)29-21)26-22(32)14-5-6-14/h2-4,7-14H,5-6H2,(H,26,32). The number of hydrogen-bond donors (Lipinski definition) is 1. The molecule has 1 fully saturated rings. The molecule has 0 aliphatic heterocycles. The van der Waals surface area contributed by atoms with Crippen LogP contribution in [0.3, 0.4) is 0 Å². The van der Waals surface area contributed by atoms with E-state index in [4.69, 9.17) is 6.57 Å². The quantitative estimate of drug-likeness (QED) is 0.395. The van der Waals surface area contributed by atoms with Crippen molar-refractivity contribution in [2.24, 2.45) is 5.92 Å². The van der Waals surface area contributed by atoms with Crippen molar-refractivity contribution in [1.29, 1.82) is 0 Å². The van der Waals surface area contributed by atoms with Crippen molar-refractivity contribution in [1.82, 2.24) is 29.2 Å². The van der Waals surface area contributed by atoms with Crippen LogP contribution >= 0.6 is 11.8 Å². The normalized spacial score (nSPS) is 13.3. The lowest BCUT2D eigenvalue weighted by Gasteiger charge is -2.05. The predicted molar refractivity (Wildman–Crippen MR) is 123 cm³/mol. The molecule has 0 spiro atoms. The molecule has 1 amide bonds. The summed E-state index contributed by atoms with van der Waals surface area (Å²) < 4.78 is 3.56. The van der Waals surface area contributed by atoms with Gasteiger partial charge in [0.05, 0.1) is 12.8 Å². The monoisotopic (exact) mass is 452 g/mol. The fourth-order valence-electron chi connectivity index (χ4n) is 3.51. The zero-order valence-corrected chi connectivity index (χ0v) is 18.0. The van der Waals surface area contributed by atoms with Gasteiger partial charge in [0.25, 0.3) is 0 Å². The molecule has 0 radical (unpaired) electrons. The number of nitrogens with one attached hydrogen (secondary N) is 1. The lowest BCUT2D eigenvalue weighted by molar-refractivity contribution is -0.117. The van der Waals surface area contributed by atoms with E-state index in [0.29, 0.717) is 22.3 Å². The van der Waals surface area contributed by atoms with Gasteiger partial charge in [0.15, 0.2) is 22.8 Å². The van der Waals surface area contributed by atoms with Gasteiger partial charge in [0.1, 0.15) is 5.03 Å². The van der Waals surface area contributed by atoms with Crippen LogP contribution in [0.4, 0.5) is 11.5 Å². The van der Waals surface area contributed by atoms with Crippen LogP contribution in [-0.2, 0) is 4.79 Å². The smallest absolute Gasteiger partial charge is 0.228 e. The van der Waals surface area contributed by atoms with Gasteiger partial charge in [-0.2, -0.15) is 5.10 Å². The highest BCUT2D eigenvalue weighted by Gasteiger charge is 2.30. The second-order valence-corrected chi connectivity index (χ2v) is 8.74. The van der Waals surface area contributed by atoms with E-state index in [2.05, 4.69) is 30.4 Å². The molecule has 5 aromatic rings. The van der Waals surface area contributed by atoms with Gasteiger partial charge in [0.2, 0.25) is 11.1 Å². The lowest BCUT2D eigenvalue weighted by atomic mass is 10.1. The molecular weight excluding hydrogens is 436 g/mol. The zero-order valence-electron chi connectivity index (χ0n) is 17.2. The molecule has 1 N–H and O–H groups in total. The fraction of sp³-hybridized carbons (Fsp3) is 0.130. The third-order valence-electron chi connectivity index (χ3n) is 5.37. The number of benzene rings is 1. The maximum Gasteiger partial charge on any atom is 0.228 e. The Balaban J connectivity index is 1.29. The number of hydrogen-bond acceptors (Lipinski definition) is 6. The Kier molecular flexibility index (Phi) is 4.55. The van der Waals surface area contributed by atoms with E-state index in [-0.39, 0.29) is 11.8 Å². The number of anilines is 1. The Morgan fingerprint density at radius 2 is 1.94 bits per heavy atom. The summed E-state index contributed by atoms with van der Waals surface area (Å²) in [5.74, 6) is 0.630. The Bertz CT molecular complexity index is 1580. The lowest BCUT2D eigenvalue weighted by Crippen LogP contribution is -2.13. The molecule has 1 aliphatic rings. The van der Waals surface area contributed by atoms with E-state index in [0.717, 1.165) is 34.6 Å². The first kappa shape index (κ1) is 19.5. The fourth-order valence-corrected chi connectivity index (χ4v) is 4.29. The molecule has 0 atom stereocenters. The molecule has 4 heterocycles. The second-order valence-electron chi connectivity index (χ2n) is 7.76. The molecule has 0 saturated heterocycles. The van der Waals surface area contributed by atoms with Crippen LogP contribution in [0.15, 0.2) is 71.1 Å². The number of pyridine rings is 1. The minimum atomic E-state index is 0.0145. The summed E-state index contributed by atoms with van der Waals surface area (Å²) in [7, 11) is 0. The van der Waals surface area contributed by atoms with Gasteiger partial charge >= 0.3 is 0 Å². The topological polar surface area (TPSA) is 93.8 Å². The summed E-state index contributed by atoms with van der Waals surface area (Å²) in [4.78, 5) is 19.9. The Hall–Kier alpha value is -4.23. The van der Waals surface area contributed by atoms with Crippen LogP contribution in [0.5, 0.6) is 0 Å². The summed E-state index contributed by atoms with van der Waals surface area (Å²) in [6.07, 6.45) is 5.56. The number of carbonyl (C=O) groups excluding carboxylic acids is 1. The number of fused-ring (bicyclic) bond motifs is 2. The van der Waals surface area contributed by atoms with Crippen molar-refractivity contribution in [2.75, 3.05) is 5.32 Å². The molecule has 1 aromatic carbocycles. The second kappa shape index (κ2) is 7.72. The number of amides is 1. The Labute approximate surface area is 192 Å². The number of rotatable bonds is 5. The molecule has 6 rings (SSSR count). The van der Waals surface area contributed by atoms with Gasteiger partial charge < -0.3 is 5.32 Å². The first-order valence-electron chi connectivity index (χ1n) is 10.3. The van der Waals surface area contributed by atoms with Crippen molar-refractivity contribution in [2.45, 2.75) is 23.0 Å². The average molecular weight is 453 g/mol. The van der Waals surface area contributed by atoms with Crippen molar-refractivity contribution < 1.29 is 4.79 Å². The van der Waals surface area contributed by atoms with Gasteiger partial charge in [0, 0.05) is 12.1 Å². The van der Waals surface area contributed by atoms with E-state index in [1.807, 2.05) is 53.1 Å². The number of carbonyl (C=O) groups is 1. The highest BCUT2D eigenvalue weighted by Crippen LogP contribution is 2.31. The van der Waals surface area contributed by atoms with Gasteiger partial charge in [-0.25, -0.2) is 14.3 Å². The number of imidazole rings is 1. The van der Waals surface area contributed by atoms with Crippen LogP contribution in [-0.4, -0.2) is 35.1 Å². The van der Waals surface area contributed by atoms with Crippen molar-refractivity contribution in [3.05, 3.63) is 72.3 Å². The van der Waals surface area contributed by atoms with Gasteiger partial charge in [-0.3, -0.25) is 9.20 Å².